The second-order valence-corrected chi connectivity index (χ2v) is 6.70. The Bertz CT molecular complexity index is 1030. The number of esters is 1. The first-order chi connectivity index (χ1) is 13.0. The van der Waals surface area contributed by atoms with Crippen molar-refractivity contribution in [1.29, 1.82) is 0 Å². The fourth-order valence-electron chi connectivity index (χ4n) is 2.38. The molecule has 0 aliphatic heterocycles. The van der Waals surface area contributed by atoms with Crippen molar-refractivity contribution >= 4 is 46.1 Å². The van der Waals surface area contributed by atoms with E-state index in [0.717, 1.165) is 8.25 Å². The Morgan fingerprint density at radius 3 is 2.59 bits per heavy atom. The molecule has 1 heterocycles. The van der Waals surface area contributed by atoms with Gasteiger partial charge in [0.25, 0.3) is 11.8 Å². The van der Waals surface area contributed by atoms with E-state index in [0.29, 0.717) is 11.3 Å². The van der Waals surface area contributed by atoms with Crippen LogP contribution in [0, 0.1) is 3.57 Å². The molecular weight excluding hydrogens is 461 g/mol. The van der Waals surface area contributed by atoms with Gasteiger partial charge in [0.15, 0.2) is 5.69 Å². The molecule has 8 heteroatoms. The zero-order valence-corrected chi connectivity index (χ0v) is 16.3. The molecule has 0 atom stereocenters. The van der Waals surface area contributed by atoms with Crippen molar-refractivity contribution in [2.45, 2.75) is 0 Å². The van der Waals surface area contributed by atoms with Crippen molar-refractivity contribution in [3.8, 4) is 0 Å². The number of amides is 1. The summed E-state index contributed by atoms with van der Waals surface area (Å²) >= 11 is 2.11. The molecule has 136 valence electrons. The molecule has 7 nitrogen and oxygen atoms in total. The third-order valence-electron chi connectivity index (χ3n) is 3.68. The molecule has 0 saturated carbocycles. The van der Waals surface area contributed by atoms with Gasteiger partial charge in [-0.2, -0.15) is 5.10 Å². The lowest BCUT2D eigenvalue weighted by atomic mass is 10.1. The van der Waals surface area contributed by atoms with Gasteiger partial charge in [0, 0.05) is 15.3 Å². The summed E-state index contributed by atoms with van der Waals surface area (Å²) < 4.78 is 6.73. The Morgan fingerprint density at radius 2 is 1.85 bits per heavy atom. The Morgan fingerprint density at radius 1 is 1.07 bits per heavy atom. The maximum atomic E-state index is 12.5. The van der Waals surface area contributed by atoms with Gasteiger partial charge in [-0.15, -0.1) is 0 Å². The van der Waals surface area contributed by atoms with Crippen LogP contribution in [-0.4, -0.2) is 34.7 Å². The van der Waals surface area contributed by atoms with Crippen molar-refractivity contribution < 1.29 is 19.1 Å². The van der Waals surface area contributed by atoms with E-state index in [1.807, 2.05) is 6.07 Å². The van der Waals surface area contributed by atoms with Crippen LogP contribution in [0.1, 0.15) is 31.2 Å². The molecule has 2 aromatic carbocycles. The third kappa shape index (κ3) is 4.22. The minimum atomic E-state index is -0.565. The monoisotopic (exact) mass is 475 g/mol. The summed E-state index contributed by atoms with van der Waals surface area (Å²) in [4.78, 5) is 36.7. The van der Waals surface area contributed by atoms with Crippen LogP contribution >= 0.6 is 22.6 Å². The topological polar surface area (TPSA) is 90.3 Å². The van der Waals surface area contributed by atoms with Crippen molar-refractivity contribution in [3.63, 3.8) is 0 Å². The average Bonchev–Trinajstić information content (AvgIpc) is 3.17. The molecular formula is C19H14IN3O4. The fraction of sp³-hybridized carbons (Fsp3) is 0.0526. The van der Waals surface area contributed by atoms with E-state index in [2.05, 4.69) is 33.0 Å². The molecule has 1 amide bonds. The smallest absolute Gasteiger partial charge is 0.339 e. The molecule has 0 bridgehead atoms. The quantitative estimate of drug-likeness (QED) is 0.463. The number of rotatable bonds is 4. The maximum absolute atomic E-state index is 12.5. The molecule has 0 fully saturated rings. The molecule has 0 spiro atoms. The van der Waals surface area contributed by atoms with Gasteiger partial charge in [-0.3, -0.25) is 9.59 Å². The number of aromatic nitrogens is 2. The molecule has 0 saturated heterocycles. The predicted molar refractivity (Wildman–Crippen MR) is 107 cm³/mol. The van der Waals surface area contributed by atoms with Crippen LogP contribution in [-0.2, 0) is 4.74 Å². The number of hydrogen-bond acceptors (Lipinski definition) is 5. The van der Waals surface area contributed by atoms with Gasteiger partial charge in [0.2, 0.25) is 0 Å². The lowest BCUT2D eigenvalue weighted by Crippen LogP contribution is -2.18. The summed E-state index contributed by atoms with van der Waals surface area (Å²) in [6.07, 6.45) is 1.42. The minimum Gasteiger partial charge on any atom is -0.465 e. The fourth-order valence-corrected chi connectivity index (χ4v) is 2.92. The van der Waals surface area contributed by atoms with Gasteiger partial charge in [0.05, 0.1) is 18.4 Å². The van der Waals surface area contributed by atoms with Gasteiger partial charge in [-0.1, -0.05) is 18.2 Å². The number of benzene rings is 2. The van der Waals surface area contributed by atoms with Crippen LogP contribution in [0.15, 0.2) is 60.8 Å². The number of carbonyl (C=O) groups is 3. The van der Waals surface area contributed by atoms with E-state index in [4.69, 9.17) is 4.74 Å². The lowest BCUT2D eigenvalue weighted by molar-refractivity contribution is 0.0601. The largest absolute Gasteiger partial charge is 0.465 e. The molecule has 27 heavy (non-hydrogen) atoms. The second kappa shape index (κ2) is 8.12. The molecule has 3 rings (SSSR count). The number of nitrogens with one attached hydrogen (secondary N) is 1. The molecule has 0 unspecified atom stereocenters. The number of methoxy groups -OCH3 is 1. The highest BCUT2D eigenvalue weighted by Crippen LogP contribution is 2.17. The second-order valence-electron chi connectivity index (χ2n) is 5.45. The molecule has 3 aromatic rings. The van der Waals surface area contributed by atoms with Gasteiger partial charge < -0.3 is 10.1 Å². The van der Waals surface area contributed by atoms with Gasteiger partial charge in [0.1, 0.15) is 0 Å². The number of para-hydroxylation sites is 1. The molecule has 0 aliphatic carbocycles. The number of nitrogens with zero attached hydrogens (tertiary/aromatic N) is 2. The highest BCUT2D eigenvalue weighted by atomic mass is 127. The standard InChI is InChI=1S/C19H14IN3O4/c1-27-19(26)14-7-2-3-8-15(14)21-17(24)16-9-10-23(22-16)18(25)12-5-4-6-13(20)11-12/h2-11H,1H3,(H,21,24). The predicted octanol–water partition coefficient (Wildman–Crippen LogP) is 3.22. The Kier molecular flexibility index (Phi) is 5.65. The summed E-state index contributed by atoms with van der Waals surface area (Å²) in [5, 5.41) is 6.66. The van der Waals surface area contributed by atoms with E-state index >= 15 is 0 Å². The minimum absolute atomic E-state index is 0.0497. The molecule has 0 radical (unpaired) electrons. The van der Waals surface area contributed by atoms with Crippen LogP contribution < -0.4 is 5.32 Å². The third-order valence-corrected chi connectivity index (χ3v) is 4.35. The van der Waals surface area contributed by atoms with Crippen molar-refractivity contribution in [2.75, 3.05) is 12.4 Å². The SMILES string of the molecule is COC(=O)c1ccccc1NC(=O)c1ccn(C(=O)c2cccc(I)c2)n1. The summed E-state index contributed by atoms with van der Waals surface area (Å²) in [5.74, 6) is -1.45. The van der Waals surface area contributed by atoms with Crippen molar-refractivity contribution in [1.82, 2.24) is 9.78 Å². The van der Waals surface area contributed by atoms with Crippen molar-refractivity contribution in [2.24, 2.45) is 0 Å². The average molecular weight is 475 g/mol. The number of hydrogen-bond donors (Lipinski definition) is 1. The van der Waals surface area contributed by atoms with Crippen LogP contribution in [0.2, 0.25) is 0 Å². The normalized spacial score (nSPS) is 10.3. The Hall–Kier alpha value is -3.01. The van der Waals surface area contributed by atoms with Crippen LogP contribution in [0.5, 0.6) is 0 Å². The van der Waals surface area contributed by atoms with E-state index in [1.54, 1.807) is 42.5 Å². The van der Waals surface area contributed by atoms with Crippen LogP contribution in [0.4, 0.5) is 5.69 Å². The van der Waals surface area contributed by atoms with E-state index in [9.17, 15) is 14.4 Å². The lowest BCUT2D eigenvalue weighted by Gasteiger charge is -2.08. The van der Waals surface area contributed by atoms with Gasteiger partial charge >= 0.3 is 5.97 Å². The van der Waals surface area contributed by atoms with Gasteiger partial charge in [-0.05, 0) is 59.0 Å². The zero-order valence-electron chi connectivity index (χ0n) is 14.2. The van der Waals surface area contributed by atoms with E-state index in [1.165, 1.54) is 19.4 Å². The highest BCUT2D eigenvalue weighted by Gasteiger charge is 2.17. The summed E-state index contributed by atoms with van der Waals surface area (Å²) in [6.45, 7) is 0. The van der Waals surface area contributed by atoms with E-state index in [-0.39, 0.29) is 17.2 Å². The number of halogens is 1. The molecule has 1 N–H and O–H groups in total. The van der Waals surface area contributed by atoms with Gasteiger partial charge in [-0.25, -0.2) is 9.48 Å². The zero-order chi connectivity index (χ0) is 19.4. The summed E-state index contributed by atoms with van der Waals surface area (Å²) in [7, 11) is 1.26. The maximum Gasteiger partial charge on any atom is 0.339 e. The van der Waals surface area contributed by atoms with Crippen LogP contribution in [0.25, 0.3) is 0 Å². The van der Waals surface area contributed by atoms with Crippen LogP contribution in [0.3, 0.4) is 0 Å². The van der Waals surface area contributed by atoms with E-state index < -0.39 is 11.9 Å². The summed E-state index contributed by atoms with van der Waals surface area (Å²) in [5.41, 5.74) is 1.04. The molecule has 1 aromatic heterocycles. The number of anilines is 1. The Balaban J connectivity index is 1.80. The Labute approximate surface area is 168 Å². The molecule has 0 aliphatic rings. The first kappa shape index (κ1) is 18.8. The van der Waals surface area contributed by atoms with Crippen molar-refractivity contribution in [3.05, 3.63) is 81.2 Å². The first-order valence-electron chi connectivity index (χ1n) is 7.84. The number of ether oxygens (including phenoxy) is 1. The first-order valence-corrected chi connectivity index (χ1v) is 8.92. The highest BCUT2D eigenvalue weighted by molar-refractivity contribution is 14.1. The number of carbonyl (C=O) groups excluding carboxylic acids is 3. The summed E-state index contributed by atoms with van der Waals surface area (Å²) in [6, 6.07) is 15.0.